The second-order valence-corrected chi connectivity index (χ2v) is 7.05. The van der Waals surface area contributed by atoms with Crippen LogP contribution in [0.5, 0.6) is 0 Å². The molecule has 0 aromatic heterocycles. The van der Waals surface area contributed by atoms with Crippen molar-refractivity contribution in [2.45, 2.75) is 37.4 Å². The summed E-state index contributed by atoms with van der Waals surface area (Å²) in [6.07, 6.45) is -4.59. The van der Waals surface area contributed by atoms with Crippen LogP contribution in [0.15, 0.2) is 23.1 Å². The lowest BCUT2D eigenvalue weighted by atomic mass is 10.1. The third-order valence-corrected chi connectivity index (χ3v) is 3.94. The van der Waals surface area contributed by atoms with Crippen molar-refractivity contribution in [3.05, 3.63) is 29.3 Å². The van der Waals surface area contributed by atoms with E-state index in [0.29, 0.717) is 6.07 Å². The van der Waals surface area contributed by atoms with Crippen LogP contribution in [0.1, 0.15) is 25.0 Å². The second-order valence-electron chi connectivity index (χ2n) is 5.29. The predicted molar refractivity (Wildman–Crippen MR) is 76.9 cm³/mol. The Labute approximate surface area is 128 Å². The number of sulfonamides is 1. The van der Waals surface area contributed by atoms with Gasteiger partial charge in [0.05, 0.1) is 10.5 Å². The average molecular weight is 347 g/mol. The van der Waals surface area contributed by atoms with E-state index in [0.717, 1.165) is 12.1 Å². The Balaban J connectivity index is 0.00000400. The van der Waals surface area contributed by atoms with Gasteiger partial charge in [-0.15, -0.1) is 12.4 Å². The van der Waals surface area contributed by atoms with Crippen molar-refractivity contribution in [3.8, 4) is 0 Å². The van der Waals surface area contributed by atoms with E-state index in [2.05, 4.69) is 4.72 Å². The minimum Gasteiger partial charge on any atom is -0.324 e. The van der Waals surface area contributed by atoms with Gasteiger partial charge in [0, 0.05) is 12.1 Å². The molecule has 0 bridgehead atoms. The average Bonchev–Trinajstić information content (AvgIpc) is 2.24. The third kappa shape index (κ3) is 5.82. The second kappa shape index (κ2) is 6.51. The summed E-state index contributed by atoms with van der Waals surface area (Å²) in [5.74, 6) is 0. The molecule has 0 saturated carbocycles. The van der Waals surface area contributed by atoms with Gasteiger partial charge in [0.25, 0.3) is 0 Å². The van der Waals surface area contributed by atoms with Gasteiger partial charge in [0.15, 0.2) is 0 Å². The zero-order valence-corrected chi connectivity index (χ0v) is 13.4. The van der Waals surface area contributed by atoms with Crippen LogP contribution in [0, 0.1) is 6.92 Å². The number of nitrogens with two attached hydrogens (primary N) is 1. The van der Waals surface area contributed by atoms with Gasteiger partial charge in [-0.1, -0.05) is 6.07 Å². The number of hydrogen-bond acceptors (Lipinski definition) is 3. The Morgan fingerprint density at radius 2 is 1.76 bits per heavy atom. The van der Waals surface area contributed by atoms with E-state index < -0.39 is 32.2 Å². The first-order valence-electron chi connectivity index (χ1n) is 5.79. The lowest BCUT2D eigenvalue weighted by Gasteiger charge is -2.19. The van der Waals surface area contributed by atoms with Crippen molar-refractivity contribution in [2.75, 3.05) is 6.54 Å². The third-order valence-electron chi connectivity index (χ3n) is 2.54. The monoisotopic (exact) mass is 346 g/mol. The molecular weight excluding hydrogens is 329 g/mol. The summed E-state index contributed by atoms with van der Waals surface area (Å²) in [6.45, 7) is 4.40. The molecule has 9 heteroatoms. The molecular formula is C12H18ClF3N2O2S. The highest BCUT2D eigenvalue weighted by molar-refractivity contribution is 7.89. The minimum absolute atomic E-state index is 0. The maximum Gasteiger partial charge on any atom is 0.416 e. The molecule has 21 heavy (non-hydrogen) atoms. The topological polar surface area (TPSA) is 72.2 Å². The van der Waals surface area contributed by atoms with Crippen molar-refractivity contribution in [1.82, 2.24) is 4.72 Å². The standard InChI is InChI=1S/C12H17F3N2O2S.ClH/c1-8-4-5-9(6-10(8)12(13,14)15)20(18,19)17-7-11(2,3)16;/h4-6,17H,7,16H2,1-3H3;1H. The predicted octanol–water partition coefficient (Wildman–Crippen LogP) is 2.45. The number of benzene rings is 1. The van der Waals surface area contributed by atoms with Crippen LogP contribution >= 0.6 is 12.4 Å². The van der Waals surface area contributed by atoms with E-state index in [4.69, 9.17) is 5.73 Å². The number of nitrogens with one attached hydrogen (secondary N) is 1. The number of aryl methyl sites for hydroxylation is 1. The molecule has 0 aliphatic heterocycles. The van der Waals surface area contributed by atoms with Crippen LogP contribution in [0.2, 0.25) is 0 Å². The number of halogens is 4. The first-order chi connectivity index (χ1) is 8.83. The van der Waals surface area contributed by atoms with Gasteiger partial charge in [0.1, 0.15) is 0 Å². The van der Waals surface area contributed by atoms with Gasteiger partial charge in [-0.05, 0) is 38.5 Å². The minimum atomic E-state index is -4.59. The number of rotatable bonds is 4. The van der Waals surface area contributed by atoms with Crippen molar-refractivity contribution in [1.29, 1.82) is 0 Å². The molecule has 1 aromatic rings. The summed E-state index contributed by atoms with van der Waals surface area (Å²) in [6, 6.07) is 2.89. The van der Waals surface area contributed by atoms with E-state index in [-0.39, 0.29) is 24.5 Å². The smallest absolute Gasteiger partial charge is 0.324 e. The highest BCUT2D eigenvalue weighted by Gasteiger charge is 2.33. The Bertz CT molecular complexity index is 596. The normalized spacial score (nSPS) is 12.9. The molecule has 122 valence electrons. The van der Waals surface area contributed by atoms with Crippen molar-refractivity contribution < 1.29 is 21.6 Å². The zero-order valence-electron chi connectivity index (χ0n) is 11.8. The molecule has 1 aromatic carbocycles. The van der Waals surface area contributed by atoms with E-state index in [1.54, 1.807) is 13.8 Å². The van der Waals surface area contributed by atoms with E-state index in [1.165, 1.54) is 6.92 Å². The summed E-state index contributed by atoms with van der Waals surface area (Å²) in [5, 5.41) is 0. The lowest BCUT2D eigenvalue weighted by molar-refractivity contribution is -0.138. The van der Waals surface area contributed by atoms with Gasteiger partial charge in [-0.2, -0.15) is 13.2 Å². The van der Waals surface area contributed by atoms with E-state index >= 15 is 0 Å². The summed E-state index contributed by atoms with van der Waals surface area (Å²) in [7, 11) is -4.02. The molecule has 1 rings (SSSR count). The summed E-state index contributed by atoms with van der Waals surface area (Å²) < 4.78 is 64.3. The molecule has 0 unspecified atom stereocenters. The molecule has 4 nitrogen and oxygen atoms in total. The first-order valence-corrected chi connectivity index (χ1v) is 7.28. The van der Waals surface area contributed by atoms with E-state index in [1.807, 2.05) is 0 Å². The van der Waals surface area contributed by atoms with E-state index in [9.17, 15) is 21.6 Å². The Morgan fingerprint density at radius 1 is 1.24 bits per heavy atom. The Morgan fingerprint density at radius 3 is 2.19 bits per heavy atom. The molecule has 0 amide bonds. The quantitative estimate of drug-likeness (QED) is 0.879. The van der Waals surface area contributed by atoms with Gasteiger partial charge >= 0.3 is 6.18 Å². The molecule has 0 radical (unpaired) electrons. The van der Waals surface area contributed by atoms with Crippen molar-refractivity contribution in [2.24, 2.45) is 5.73 Å². The zero-order chi connectivity index (χ0) is 15.8. The maximum absolute atomic E-state index is 12.8. The van der Waals surface area contributed by atoms with Crippen LogP contribution < -0.4 is 10.5 Å². The molecule has 3 N–H and O–H groups in total. The van der Waals surface area contributed by atoms with Crippen LogP contribution in [-0.4, -0.2) is 20.5 Å². The highest BCUT2D eigenvalue weighted by atomic mass is 35.5. The molecule has 0 saturated heterocycles. The highest BCUT2D eigenvalue weighted by Crippen LogP contribution is 2.33. The SMILES string of the molecule is Cc1ccc(S(=O)(=O)NCC(C)(C)N)cc1C(F)(F)F.Cl. The van der Waals surface area contributed by atoms with Crippen molar-refractivity contribution in [3.63, 3.8) is 0 Å². The Hall–Kier alpha value is -0.830. The molecule has 0 spiro atoms. The van der Waals surface area contributed by atoms with Crippen LogP contribution in [0.3, 0.4) is 0 Å². The largest absolute Gasteiger partial charge is 0.416 e. The van der Waals surface area contributed by atoms with Crippen molar-refractivity contribution >= 4 is 22.4 Å². The summed E-state index contributed by atoms with van der Waals surface area (Å²) in [4.78, 5) is -0.431. The van der Waals surface area contributed by atoms with Crippen LogP contribution in [-0.2, 0) is 16.2 Å². The molecule has 0 heterocycles. The maximum atomic E-state index is 12.8. The summed E-state index contributed by atoms with van der Waals surface area (Å²) >= 11 is 0. The molecule has 0 atom stereocenters. The van der Waals surface area contributed by atoms with Gasteiger partial charge in [0.2, 0.25) is 10.0 Å². The Kier molecular flexibility index (Phi) is 6.26. The number of hydrogen-bond donors (Lipinski definition) is 2. The lowest BCUT2D eigenvalue weighted by Crippen LogP contribution is -2.45. The summed E-state index contributed by atoms with van der Waals surface area (Å²) in [5.41, 5.74) is 3.84. The fraction of sp³-hybridized carbons (Fsp3) is 0.500. The molecule has 0 aliphatic carbocycles. The fourth-order valence-electron chi connectivity index (χ4n) is 1.44. The van der Waals surface area contributed by atoms with Crippen LogP contribution in [0.25, 0.3) is 0 Å². The fourth-order valence-corrected chi connectivity index (χ4v) is 2.69. The first kappa shape index (κ1) is 20.2. The molecule has 0 aliphatic rings. The molecule has 0 fully saturated rings. The number of alkyl halides is 3. The van der Waals surface area contributed by atoms with Gasteiger partial charge in [-0.25, -0.2) is 13.1 Å². The van der Waals surface area contributed by atoms with Gasteiger partial charge in [-0.3, -0.25) is 0 Å². The van der Waals surface area contributed by atoms with Crippen LogP contribution in [0.4, 0.5) is 13.2 Å². The van der Waals surface area contributed by atoms with Gasteiger partial charge < -0.3 is 5.73 Å².